The lowest BCUT2D eigenvalue weighted by Crippen LogP contribution is -2.51. The van der Waals surface area contributed by atoms with Crippen molar-refractivity contribution in [2.45, 2.75) is 38.8 Å². The Kier molecular flexibility index (Phi) is 3.15. The zero-order chi connectivity index (χ0) is 12.4. The zero-order valence-corrected chi connectivity index (χ0v) is 9.94. The minimum absolute atomic E-state index is 0.222. The van der Waals surface area contributed by atoms with Crippen molar-refractivity contribution in [2.24, 2.45) is 0 Å². The first kappa shape index (κ1) is 12.4. The average Bonchev–Trinajstić information content (AvgIpc) is 2.16. The van der Waals surface area contributed by atoms with Gasteiger partial charge in [0.05, 0.1) is 11.1 Å². The van der Waals surface area contributed by atoms with E-state index < -0.39 is 11.1 Å². The van der Waals surface area contributed by atoms with Crippen LogP contribution >= 0.6 is 0 Å². The molecule has 0 aromatic carbocycles. The first-order valence-electron chi connectivity index (χ1n) is 4.99. The Morgan fingerprint density at radius 1 is 1.25 bits per heavy atom. The molecular formula is C11H16N4O. The fraction of sp³-hybridized carbons (Fsp3) is 0.545. The van der Waals surface area contributed by atoms with E-state index in [4.69, 9.17) is 5.26 Å². The summed E-state index contributed by atoms with van der Waals surface area (Å²) in [5.41, 5.74) is -1.34. The average molecular weight is 220 g/mol. The molecule has 0 amide bonds. The molecule has 1 heterocycles. The topological polar surface area (TPSA) is 81.8 Å². The highest BCUT2D eigenvalue weighted by atomic mass is 16.3. The van der Waals surface area contributed by atoms with Crippen LogP contribution in [0.2, 0.25) is 0 Å². The van der Waals surface area contributed by atoms with Gasteiger partial charge < -0.3 is 10.4 Å². The molecule has 0 fully saturated rings. The number of nitrogens with zero attached hydrogens (tertiary/aromatic N) is 3. The van der Waals surface area contributed by atoms with E-state index in [-0.39, 0.29) is 5.69 Å². The van der Waals surface area contributed by atoms with E-state index in [1.807, 2.05) is 19.9 Å². The number of hydrogen-bond donors (Lipinski definition) is 2. The quantitative estimate of drug-likeness (QED) is 0.802. The summed E-state index contributed by atoms with van der Waals surface area (Å²) in [5.74, 6) is 0.386. The Morgan fingerprint density at radius 3 is 2.31 bits per heavy atom. The number of hydrogen-bond acceptors (Lipinski definition) is 5. The van der Waals surface area contributed by atoms with Crippen LogP contribution in [0.15, 0.2) is 12.4 Å². The summed E-state index contributed by atoms with van der Waals surface area (Å²) in [6.45, 7) is 7.07. The van der Waals surface area contributed by atoms with Gasteiger partial charge in [-0.15, -0.1) is 0 Å². The number of anilines is 1. The Hall–Kier alpha value is -1.67. The monoisotopic (exact) mass is 220 g/mol. The molecule has 5 nitrogen and oxygen atoms in total. The molecule has 0 bridgehead atoms. The zero-order valence-electron chi connectivity index (χ0n) is 9.94. The molecule has 0 spiro atoms. The van der Waals surface area contributed by atoms with Crippen LogP contribution in [0.5, 0.6) is 0 Å². The highest BCUT2D eigenvalue weighted by Crippen LogP contribution is 2.25. The number of nitriles is 1. The van der Waals surface area contributed by atoms with E-state index in [9.17, 15) is 5.11 Å². The maximum Gasteiger partial charge on any atom is 0.182 e. The first-order chi connectivity index (χ1) is 7.28. The summed E-state index contributed by atoms with van der Waals surface area (Å²) >= 11 is 0. The lowest BCUT2D eigenvalue weighted by Gasteiger charge is -2.38. The summed E-state index contributed by atoms with van der Waals surface area (Å²) in [6.07, 6.45) is 2.96. The second-order valence-electron chi connectivity index (χ2n) is 4.67. The van der Waals surface area contributed by atoms with Gasteiger partial charge in [0, 0.05) is 12.4 Å². The molecule has 1 rings (SSSR count). The molecule has 5 heteroatoms. The summed E-state index contributed by atoms with van der Waals surface area (Å²) in [7, 11) is 0. The minimum Gasteiger partial charge on any atom is -0.388 e. The van der Waals surface area contributed by atoms with Crippen LogP contribution in [0.4, 0.5) is 5.82 Å². The van der Waals surface area contributed by atoms with Crippen LogP contribution in [0.1, 0.15) is 33.4 Å². The molecule has 0 saturated heterocycles. The van der Waals surface area contributed by atoms with Crippen molar-refractivity contribution < 1.29 is 5.11 Å². The molecule has 0 atom stereocenters. The van der Waals surface area contributed by atoms with Gasteiger partial charge in [0.2, 0.25) is 0 Å². The fourth-order valence-electron chi connectivity index (χ4n) is 0.960. The molecule has 1 aromatic rings. The van der Waals surface area contributed by atoms with E-state index >= 15 is 0 Å². The third kappa shape index (κ3) is 2.47. The molecule has 0 aliphatic carbocycles. The SMILES string of the molecule is CC(C)(O)C(C)(C)Nc1nccnc1C#N. The van der Waals surface area contributed by atoms with E-state index in [1.54, 1.807) is 13.8 Å². The van der Waals surface area contributed by atoms with E-state index in [0.29, 0.717) is 5.82 Å². The molecule has 86 valence electrons. The highest BCUT2D eigenvalue weighted by molar-refractivity contribution is 5.49. The van der Waals surface area contributed by atoms with E-state index in [1.165, 1.54) is 12.4 Å². The van der Waals surface area contributed by atoms with Gasteiger partial charge in [-0.3, -0.25) is 0 Å². The summed E-state index contributed by atoms with van der Waals surface area (Å²) < 4.78 is 0. The van der Waals surface area contributed by atoms with Crippen molar-refractivity contribution in [3.8, 4) is 6.07 Å². The Morgan fingerprint density at radius 2 is 1.81 bits per heavy atom. The maximum atomic E-state index is 9.98. The third-order valence-corrected chi connectivity index (χ3v) is 2.76. The van der Waals surface area contributed by atoms with Crippen molar-refractivity contribution in [2.75, 3.05) is 5.32 Å². The molecule has 0 aliphatic heterocycles. The number of aromatic nitrogens is 2. The summed E-state index contributed by atoms with van der Waals surface area (Å²) in [4.78, 5) is 7.94. The van der Waals surface area contributed by atoms with E-state index in [0.717, 1.165) is 0 Å². The number of aliphatic hydroxyl groups is 1. The van der Waals surface area contributed by atoms with Gasteiger partial charge in [-0.2, -0.15) is 5.26 Å². The van der Waals surface area contributed by atoms with Crippen LogP contribution in [-0.2, 0) is 0 Å². The molecule has 0 saturated carbocycles. The molecule has 0 unspecified atom stereocenters. The standard InChI is InChI=1S/C11H16N4O/c1-10(2,11(3,4)16)15-9-8(7-12)13-5-6-14-9/h5-6,16H,1-4H3,(H,14,15). The second kappa shape index (κ2) is 4.06. The lowest BCUT2D eigenvalue weighted by molar-refractivity contribution is 0.0238. The van der Waals surface area contributed by atoms with Crippen LogP contribution in [-0.4, -0.2) is 26.2 Å². The Balaban J connectivity index is 3.02. The molecule has 2 N–H and O–H groups in total. The van der Waals surface area contributed by atoms with Crippen LogP contribution in [0.25, 0.3) is 0 Å². The van der Waals surface area contributed by atoms with Crippen molar-refractivity contribution in [1.29, 1.82) is 5.26 Å². The van der Waals surface area contributed by atoms with Gasteiger partial charge in [0.25, 0.3) is 0 Å². The van der Waals surface area contributed by atoms with Crippen molar-refractivity contribution in [3.63, 3.8) is 0 Å². The van der Waals surface area contributed by atoms with Gasteiger partial charge >= 0.3 is 0 Å². The number of rotatable bonds is 3. The molecule has 16 heavy (non-hydrogen) atoms. The third-order valence-electron chi connectivity index (χ3n) is 2.76. The van der Waals surface area contributed by atoms with Gasteiger partial charge in [-0.05, 0) is 27.7 Å². The lowest BCUT2D eigenvalue weighted by atomic mass is 9.86. The molecule has 1 aromatic heterocycles. The first-order valence-corrected chi connectivity index (χ1v) is 4.99. The van der Waals surface area contributed by atoms with Crippen molar-refractivity contribution in [3.05, 3.63) is 18.1 Å². The number of nitrogens with one attached hydrogen (secondary N) is 1. The van der Waals surface area contributed by atoms with Crippen molar-refractivity contribution in [1.82, 2.24) is 9.97 Å². The van der Waals surface area contributed by atoms with Gasteiger partial charge in [-0.1, -0.05) is 0 Å². The predicted molar refractivity (Wildman–Crippen MR) is 60.7 cm³/mol. The largest absolute Gasteiger partial charge is 0.388 e. The minimum atomic E-state index is -0.947. The molecular weight excluding hydrogens is 204 g/mol. The Bertz CT molecular complexity index is 415. The smallest absolute Gasteiger partial charge is 0.182 e. The van der Waals surface area contributed by atoms with Crippen LogP contribution < -0.4 is 5.32 Å². The second-order valence-corrected chi connectivity index (χ2v) is 4.67. The Labute approximate surface area is 95.2 Å². The van der Waals surface area contributed by atoms with Crippen molar-refractivity contribution >= 4 is 5.82 Å². The van der Waals surface area contributed by atoms with Gasteiger partial charge in [-0.25, -0.2) is 9.97 Å². The van der Waals surface area contributed by atoms with E-state index in [2.05, 4.69) is 15.3 Å². The summed E-state index contributed by atoms with van der Waals surface area (Å²) in [6, 6.07) is 1.95. The molecule has 0 aliphatic rings. The van der Waals surface area contributed by atoms with Crippen LogP contribution in [0.3, 0.4) is 0 Å². The normalized spacial score (nSPS) is 12.0. The highest BCUT2D eigenvalue weighted by Gasteiger charge is 2.35. The van der Waals surface area contributed by atoms with Crippen LogP contribution in [0, 0.1) is 11.3 Å². The van der Waals surface area contributed by atoms with Gasteiger partial charge in [0.15, 0.2) is 11.5 Å². The fourth-order valence-corrected chi connectivity index (χ4v) is 0.960. The maximum absolute atomic E-state index is 9.98. The summed E-state index contributed by atoms with van der Waals surface area (Å²) in [5, 5.41) is 21.9. The predicted octanol–water partition coefficient (Wildman–Crippen LogP) is 1.31. The van der Waals surface area contributed by atoms with Gasteiger partial charge in [0.1, 0.15) is 6.07 Å². The molecule has 0 radical (unpaired) electrons.